The first-order chi connectivity index (χ1) is 9.44. The van der Waals surface area contributed by atoms with Crippen molar-refractivity contribution in [1.82, 2.24) is 4.90 Å². The van der Waals surface area contributed by atoms with Crippen molar-refractivity contribution in [3.05, 3.63) is 27.3 Å². The Labute approximate surface area is 134 Å². The fourth-order valence-corrected chi connectivity index (χ4v) is 3.22. The highest BCUT2D eigenvalue weighted by Crippen LogP contribution is 2.18. The van der Waals surface area contributed by atoms with Gasteiger partial charge in [-0.3, -0.25) is 9.69 Å². The molecule has 20 heavy (non-hydrogen) atoms. The highest BCUT2D eigenvalue weighted by molar-refractivity contribution is 14.1. The van der Waals surface area contributed by atoms with Gasteiger partial charge in [0, 0.05) is 22.3 Å². The van der Waals surface area contributed by atoms with Crippen LogP contribution >= 0.6 is 22.6 Å². The maximum atomic E-state index is 12.1. The molecule has 1 aromatic rings. The molecule has 1 aliphatic heterocycles. The van der Waals surface area contributed by atoms with E-state index in [1.807, 2.05) is 32.9 Å². The lowest BCUT2D eigenvalue weighted by molar-refractivity contribution is -0.121. The van der Waals surface area contributed by atoms with Gasteiger partial charge in [-0.05, 0) is 67.1 Å². The Bertz CT molecular complexity index is 483. The van der Waals surface area contributed by atoms with Crippen LogP contribution in [0.5, 0.6) is 0 Å². The third-order valence-electron chi connectivity index (χ3n) is 3.32. The highest BCUT2D eigenvalue weighted by atomic mass is 127. The number of carbonyl (C=O) groups is 1. The predicted octanol–water partition coefficient (Wildman–Crippen LogP) is 2.65. The number of aryl methyl sites for hydroxylation is 1. The third-order valence-corrected chi connectivity index (χ3v) is 4.00. The van der Waals surface area contributed by atoms with E-state index >= 15 is 0 Å². The summed E-state index contributed by atoms with van der Waals surface area (Å²) < 4.78 is 6.85. The van der Waals surface area contributed by atoms with Crippen LogP contribution in [0.3, 0.4) is 0 Å². The number of ether oxygens (including phenoxy) is 1. The molecule has 1 aliphatic rings. The summed E-state index contributed by atoms with van der Waals surface area (Å²) in [5.74, 6) is 0.0376. The Kier molecular flexibility index (Phi) is 5.40. The highest BCUT2D eigenvalue weighted by Gasteiger charge is 2.23. The summed E-state index contributed by atoms with van der Waals surface area (Å²) in [6.07, 6.45) is 0.373. The number of nitrogens with zero attached hydrogens (tertiary/aromatic N) is 1. The quantitative estimate of drug-likeness (QED) is 0.810. The minimum atomic E-state index is 0.0376. The summed E-state index contributed by atoms with van der Waals surface area (Å²) in [6, 6.07) is 6.02. The van der Waals surface area contributed by atoms with Gasteiger partial charge in [0.25, 0.3) is 0 Å². The van der Waals surface area contributed by atoms with Gasteiger partial charge in [0.05, 0.1) is 18.8 Å². The van der Waals surface area contributed by atoms with Crippen LogP contribution in [0.25, 0.3) is 0 Å². The Morgan fingerprint density at radius 3 is 2.65 bits per heavy atom. The number of nitrogens with one attached hydrogen (secondary N) is 1. The molecule has 110 valence electrons. The van der Waals surface area contributed by atoms with E-state index in [9.17, 15) is 4.79 Å². The molecule has 1 fully saturated rings. The molecule has 0 aromatic heterocycles. The zero-order chi connectivity index (χ0) is 14.7. The number of morpholine rings is 1. The molecule has 2 rings (SSSR count). The second-order valence-electron chi connectivity index (χ2n) is 5.46. The van der Waals surface area contributed by atoms with Gasteiger partial charge in [-0.2, -0.15) is 0 Å². The predicted molar refractivity (Wildman–Crippen MR) is 89.0 cm³/mol. The number of hydrogen-bond donors (Lipinski definition) is 1. The van der Waals surface area contributed by atoms with E-state index in [0.717, 1.165) is 24.3 Å². The maximum absolute atomic E-state index is 12.1. The Hall–Kier alpha value is -0.660. The first kappa shape index (κ1) is 15.7. The molecule has 0 spiro atoms. The summed E-state index contributed by atoms with van der Waals surface area (Å²) >= 11 is 2.27. The second kappa shape index (κ2) is 6.87. The number of hydrogen-bond acceptors (Lipinski definition) is 3. The largest absolute Gasteiger partial charge is 0.373 e. The topological polar surface area (TPSA) is 41.6 Å². The Morgan fingerprint density at radius 2 is 2.05 bits per heavy atom. The van der Waals surface area contributed by atoms with Gasteiger partial charge in [0.2, 0.25) is 5.91 Å². The Balaban J connectivity index is 1.92. The summed E-state index contributed by atoms with van der Waals surface area (Å²) in [6.45, 7) is 8.14. The first-order valence-corrected chi connectivity index (χ1v) is 7.95. The van der Waals surface area contributed by atoms with E-state index in [0.29, 0.717) is 6.54 Å². The molecule has 0 bridgehead atoms. The van der Waals surface area contributed by atoms with Crippen molar-refractivity contribution in [3.8, 4) is 0 Å². The lowest BCUT2D eigenvalue weighted by atomic mass is 10.2. The van der Waals surface area contributed by atoms with Crippen LogP contribution in [0.1, 0.15) is 19.4 Å². The average molecular weight is 388 g/mol. The summed E-state index contributed by atoms with van der Waals surface area (Å²) in [5, 5.41) is 2.99. The fraction of sp³-hybridized carbons (Fsp3) is 0.533. The normalized spacial score (nSPS) is 23.6. The molecule has 1 aromatic carbocycles. The van der Waals surface area contributed by atoms with Crippen molar-refractivity contribution in [2.45, 2.75) is 33.0 Å². The van der Waals surface area contributed by atoms with Crippen molar-refractivity contribution in [2.75, 3.05) is 25.0 Å². The molecule has 0 radical (unpaired) electrons. The SMILES string of the molecule is Cc1cc(I)ccc1NC(=O)CN1C[C@@H](C)O[C@@H](C)C1. The van der Waals surface area contributed by atoms with Crippen molar-refractivity contribution >= 4 is 34.2 Å². The molecule has 0 saturated carbocycles. The molecular weight excluding hydrogens is 367 g/mol. The molecule has 1 heterocycles. The van der Waals surface area contributed by atoms with E-state index in [4.69, 9.17) is 4.74 Å². The third kappa shape index (κ3) is 4.43. The van der Waals surface area contributed by atoms with Crippen LogP contribution in [0.2, 0.25) is 0 Å². The lowest BCUT2D eigenvalue weighted by Crippen LogP contribution is -2.48. The number of benzene rings is 1. The summed E-state index contributed by atoms with van der Waals surface area (Å²) in [5.41, 5.74) is 1.98. The van der Waals surface area contributed by atoms with Gasteiger partial charge in [-0.1, -0.05) is 0 Å². The van der Waals surface area contributed by atoms with Crippen molar-refractivity contribution in [2.24, 2.45) is 0 Å². The van der Waals surface area contributed by atoms with Crippen LogP contribution in [0.4, 0.5) is 5.69 Å². The molecule has 1 saturated heterocycles. The molecule has 0 unspecified atom stereocenters. The van der Waals surface area contributed by atoms with Gasteiger partial charge in [-0.15, -0.1) is 0 Å². The minimum absolute atomic E-state index is 0.0376. The number of amides is 1. The average Bonchev–Trinajstić information content (AvgIpc) is 2.31. The number of carbonyl (C=O) groups excluding carboxylic acids is 1. The zero-order valence-corrected chi connectivity index (χ0v) is 14.3. The number of anilines is 1. The van der Waals surface area contributed by atoms with Gasteiger partial charge in [-0.25, -0.2) is 0 Å². The number of halogens is 1. The maximum Gasteiger partial charge on any atom is 0.238 e. The molecule has 2 atom stereocenters. The Morgan fingerprint density at radius 1 is 1.40 bits per heavy atom. The van der Waals surface area contributed by atoms with Crippen LogP contribution < -0.4 is 5.32 Å². The van der Waals surface area contributed by atoms with Gasteiger partial charge < -0.3 is 10.1 Å². The van der Waals surface area contributed by atoms with Crippen LogP contribution in [-0.4, -0.2) is 42.6 Å². The molecule has 1 amide bonds. The van der Waals surface area contributed by atoms with E-state index in [1.54, 1.807) is 0 Å². The molecule has 4 nitrogen and oxygen atoms in total. The van der Waals surface area contributed by atoms with E-state index in [-0.39, 0.29) is 18.1 Å². The lowest BCUT2D eigenvalue weighted by Gasteiger charge is -2.34. The minimum Gasteiger partial charge on any atom is -0.373 e. The second-order valence-corrected chi connectivity index (χ2v) is 6.70. The van der Waals surface area contributed by atoms with Gasteiger partial charge in [0.15, 0.2) is 0 Å². The van der Waals surface area contributed by atoms with Crippen LogP contribution in [0.15, 0.2) is 18.2 Å². The fourth-order valence-electron chi connectivity index (χ4n) is 2.57. The molecular formula is C15H21IN2O2. The summed E-state index contributed by atoms with van der Waals surface area (Å²) in [4.78, 5) is 14.3. The van der Waals surface area contributed by atoms with E-state index in [2.05, 4.69) is 38.9 Å². The van der Waals surface area contributed by atoms with Crippen molar-refractivity contribution in [1.29, 1.82) is 0 Å². The van der Waals surface area contributed by atoms with Gasteiger partial charge in [0.1, 0.15) is 0 Å². The monoisotopic (exact) mass is 388 g/mol. The van der Waals surface area contributed by atoms with E-state index < -0.39 is 0 Å². The van der Waals surface area contributed by atoms with E-state index in [1.165, 1.54) is 3.57 Å². The van der Waals surface area contributed by atoms with Crippen LogP contribution in [-0.2, 0) is 9.53 Å². The number of rotatable bonds is 3. The van der Waals surface area contributed by atoms with Crippen molar-refractivity contribution < 1.29 is 9.53 Å². The molecule has 1 N–H and O–H groups in total. The van der Waals surface area contributed by atoms with Crippen LogP contribution in [0, 0.1) is 10.5 Å². The van der Waals surface area contributed by atoms with Gasteiger partial charge >= 0.3 is 0 Å². The standard InChI is InChI=1S/C15H21IN2O2/c1-10-6-13(16)4-5-14(10)17-15(19)9-18-7-11(2)20-12(3)8-18/h4-6,11-12H,7-9H2,1-3H3,(H,17,19)/t11-,12+. The smallest absolute Gasteiger partial charge is 0.238 e. The molecule has 5 heteroatoms. The summed E-state index contributed by atoms with van der Waals surface area (Å²) in [7, 11) is 0. The van der Waals surface area contributed by atoms with Crippen molar-refractivity contribution in [3.63, 3.8) is 0 Å². The zero-order valence-electron chi connectivity index (χ0n) is 12.1. The first-order valence-electron chi connectivity index (χ1n) is 6.88. The molecule has 0 aliphatic carbocycles.